The first kappa shape index (κ1) is 13.4. The van der Waals surface area contributed by atoms with Crippen LogP contribution >= 0.6 is 39.9 Å². The number of thioether (sulfide) groups is 1. The summed E-state index contributed by atoms with van der Waals surface area (Å²) in [6, 6.07) is 3.28. The first-order chi connectivity index (χ1) is 8.51. The summed E-state index contributed by atoms with van der Waals surface area (Å²) >= 11 is 9.27. The van der Waals surface area contributed by atoms with Gasteiger partial charge < -0.3 is 15.2 Å². The average Bonchev–Trinajstić information content (AvgIpc) is 2.63. The molecule has 1 fully saturated rings. The maximum absolute atomic E-state index is 11.5. The van der Waals surface area contributed by atoms with Gasteiger partial charge in [0, 0.05) is 5.56 Å². The van der Waals surface area contributed by atoms with Gasteiger partial charge in [0.2, 0.25) is 0 Å². The molecule has 1 amide bonds. The van der Waals surface area contributed by atoms with Crippen molar-refractivity contribution in [3.63, 3.8) is 0 Å². The van der Waals surface area contributed by atoms with E-state index < -0.39 is 0 Å². The quantitative estimate of drug-likeness (QED) is 0.637. The van der Waals surface area contributed by atoms with Crippen LogP contribution in [0.15, 0.2) is 21.5 Å². The molecule has 18 heavy (non-hydrogen) atoms. The van der Waals surface area contributed by atoms with Crippen LogP contribution in [0.5, 0.6) is 11.5 Å². The number of phenolic OH excluding ortho intramolecular Hbond substituents is 1. The van der Waals surface area contributed by atoms with Crippen molar-refractivity contribution in [3.05, 3.63) is 27.1 Å². The number of carbonyl (C=O) groups is 1. The zero-order valence-corrected chi connectivity index (χ0v) is 12.4. The zero-order chi connectivity index (χ0) is 13.3. The van der Waals surface area contributed by atoms with Gasteiger partial charge in [-0.15, -0.1) is 0 Å². The van der Waals surface area contributed by atoms with Gasteiger partial charge in [-0.1, -0.05) is 24.0 Å². The summed E-state index contributed by atoms with van der Waals surface area (Å²) in [5.41, 5.74) is 0.489. The van der Waals surface area contributed by atoms with E-state index in [0.29, 0.717) is 25.0 Å². The number of benzene rings is 1. The van der Waals surface area contributed by atoms with Crippen molar-refractivity contribution in [2.45, 2.75) is 0 Å². The Balaban J connectivity index is 2.45. The summed E-state index contributed by atoms with van der Waals surface area (Å²) in [4.78, 5) is 12.0. The van der Waals surface area contributed by atoms with E-state index in [-0.39, 0.29) is 11.7 Å². The smallest absolute Gasteiger partial charge is 0.263 e. The Kier molecular flexibility index (Phi) is 3.94. The lowest BCUT2D eigenvalue weighted by atomic mass is 10.1. The van der Waals surface area contributed by atoms with E-state index in [0.717, 1.165) is 11.8 Å². The van der Waals surface area contributed by atoms with Crippen LogP contribution in [0.4, 0.5) is 0 Å². The normalized spacial score (nSPS) is 17.1. The summed E-state index contributed by atoms with van der Waals surface area (Å²) in [6.45, 7) is 0. The highest BCUT2D eigenvalue weighted by Crippen LogP contribution is 2.36. The number of carbonyl (C=O) groups excluding carboxylic acids is 1. The molecule has 4 nitrogen and oxygen atoms in total. The van der Waals surface area contributed by atoms with Gasteiger partial charge in [0.25, 0.3) is 5.91 Å². The minimum atomic E-state index is -0.261. The SMILES string of the molecule is COc1cc(Br)c(O)c(C=C2SC(=S)NC2=O)c1. The zero-order valence-electron chi connectivity index (χ0n) is 9.19. The number of phenols is 1. The second-order valence-corrected chi connectivity index (χ2v) is 5.97. The number of thiocarbonyl (C=S) groups is 1. The summed E-state index contributed by atoms with van der Waals surface area (Å²) in [7, 11) is 1.53. The van der Waals surface area contributed by atoms with Crippen LogP contribution in [0.25, 0.3) is 6.08 Å². The van der Waals surface area contributed by atoms with Gasteiger partial charge in [-0.2, -0.15) is 0 Å². The predicted molar refractivity (Wildman–Crippen MR) is 78.7 cm³/mol. The van der Waals surface area contributed by atoms with Crippen LogP contribution in [-0.4, -0.2) is 22.4 Å². The number of hydrogen-bond donors (Lipinski definition) is 2. The van der Waals surface area contributed by atoms with Crippen LogP contribution in [0.2, 0.25) is 0 Å². The highest BCUT2D eigenvalue weighted by molar-refractivity contribution is 9.10. The second-order valence-electron chi connectivity index (χ2n) is 3.40. The average molecular weight is 346 g/mol. The molecule has 1 saturated heterocycles. The number of hydrogen-bond acceptors (Lipinski definition) is 5. The molecule has 0 unspecified atom stereocenters. The molecule has 0 radical (unpaired) electrons. The number of methoxy groups -OCH3 is 1. The summed E-state index contributed by atoms with van der Waals surface area (Å²) < 4.78 is 6.01. The maximum atomic E-state index is 11.5. The van der Waals surface area contributed by atoms with Gasteiger partial charge in [0.05, 0.1) is 16.5 Å². The van der Waals surface area contributed by atoms with Crippen molar-refractivity contribution in [1.29, 1.82) is 0 Å². The molecule has 94 valence electrons. The molecule has 7 heteroatoms. The minimum absolute atomic E-state index is 0.0505. The van der Waals surface area contributed by atoms with Crippen molar-refractivity contribution < 1.29 is 14.6 Å². The number of nitrogens with one attached hydrogen (secondary N) is 1. The molecule has 2 rings (SSSR count). The highest BCUT2D eigenvalue weighted by Gasteiger charge is 2.22. The van der Waals surface area contributed by atoms with Crippen LogP contribution in [0.3, 0.4) is 0 Å². The predicted octanol–water partition coefficient (Wildman–Crippen LogP) is 2.65. The molecule has 0 bridgehead atoms. The Morgan fingerprint density at radius 2 is 2.28 bits per heavy atom. The number of rotatable bonds is 2. The Morgan fingerprint density at radius 3 is 2.83 bits per heavy atom. The Hall–Kier alpha value is -1.05. The molecule has 0 saturated carbocycles. The van der Waals surface area contributed by atoms with Crippen molar-refractivity contribution in [2.24, 2.45) is 0 Å². The van der Waals surface area contributed by atoms with Crippen molar-refractivity contribution in [1.82, 2.24) is 5.32 Å². The minimum Gasteiger partial charge on any atom is -0.506 e. The van der Waals surface area contributed by atoms with E-state index in [1.165, 1.54) is 7.11 Å². The molecule has 1 heterocycles. The molecule has 1 aliphatic heterocycles. The summed E-state index contributed by atoms with van der Waals surface area (Å²) in [5, 5.41) is 12.4. The van der Waals surface area contributed by atoms with Crippen LogP contribution in [0, 0.1) is 0 Å². The molecular formula is C11H8BrNO3S2. The molecule has 0 aliphatic carbocycles. The molecule has 1 aromatic carbocycles. The fourth-order valence-electron chi connectivity index (χ4n) is 1.38. The van der Waals surface area contributed by atoms with Gasteiger partial charge in [-0.05, 0) is 34.1 Å². The molecular weight excluding hydrogens is 338 g/mol. The van der Waals surface area contributed by atoms with Gasteiger partial charge in [-0.3, -0.25) is 4.79 Å². The largest absolute Gasteiger partial charge is 0.506 e. The van der Waals surface area contributed by atoms with Gasteiger partial charge in [-0.25, -0.2) is 0 Å². The lowest BCUT2D eigenvalue weighted by molar-refractivity contribution is -0.115. The topological polar surface area (TPSA) is 58.6 Å². The highest BCUT2D eigenvalue weighted by atomic mass is 79.9. The van der Waals surface area contributed by atoms with E-state index in [9.17, 15) is 9.90 Å². The maximum Gasteiger partial charge on any atom is 0.263 e. The van der Waals surface area contributed by atoms with Crippen molar-refractivity contribution in [2.75, 3.05) is 7.11 Å². The Labute approximate surface area is 122 Å². The molecule has 1 aromatic rings. The molecule has 1 aliphatic rings. The Morgan fingerprint density at radius 1 is 1.56 bits per heavy atom. The number of amides is 1. The fraction of sp³-hybridized carbons (Fsp3) is 0.0909. The van der Waals surface area contributed by atoms with E-state index in [1.54, 1.807) is 18.2 Å². The molecule has 2 N–H and O–H groups in total. The first-order valence-electron chi connectivity index (χ1n) is 4.82. The third-order valence-electron chi connectivity index (χ3n) is 2.23. The van der Waals surface area contributed by atoms with Crippen LogP contribution in [0.1, 0.15) is 5.56 Å². The second kappa shape index (κ2) is 5.29. The van der Waals surface area contributed by atoms with E-state index >= 15 is 0 Å². The van der Waals surface area contributed by atoms with Gasteiger partial charge >= 0.3 is 0 Å². The van der Waals surface area contributed by atoms with Crippen LogP contribution < -0.4 is 10.1 Å². The molecule has 0 aromatic heterocycles. The summed E-state index contributed by atoms with van der Waals surface area (Å²) in [6.07, 6.45) is 1.57. The lowest BCUT2D eigenvalue weighted by Gasteiger charge is -2.06. The molecule has 0 spiro atoms. The number of aromatic hydroxyl groups is 1. The third kappa shape index (κ3) is 2.68. The van der Waals surface area contributed by atoms with Gasteiger partial charge in [0.15, 0.2) is 0 Å². The Bertz CT molecular complexity index is 572. The standard InChI is InChI=1S/C11H8BrNO3S2/c1-16-6-2-5(9(14)7(12)4-6)3-8-10(15)13-11(17)18-8/h2-4,14H,1H3,(H,13,15,17). The fourth-order valence-corrected chi connectivity index (χ4v) is 2.87. The van der Waals surface area contributed by atoms with Gasteiger partial charge in [0.1, 0.15) is 15.8 Å². The summed E-state index contributed by atoms with van der Waals surface area (Å²) in [5.74, 6) is 0.371. The monoisotopic (exact) mass is 345 g/mol. The molecule has 0 atom stereocenters. The number of ether oxygens (including phenoxy) is 1. The third-order valence-corrected chi connectivity index (χ3v) is 4.00. The van der Waals surface area contributed by atoms with E-state index in [1.807, 2.05) is 0 Å². The van der Waals surface area contributed by atoms with Crippen molar-refractivity contribution >= 4 is 56.2 Å². The first-order valence-corrected chi connectivity index (χ1v) is 6.84. The van der Waals surface area contributed by atoms with E-state index in [2.05, 4.69) is 21.2 Å². The van der Waals surface area contributed by atoms with E-state index in [4.69, 9.17) is 17.0 Å². The van der Waals surface area contributed by atoms with Crippen molar-refractivity contribution in [3.8, 4) is 11.5 Å². The number of halogens is 1. The van der Waals surface area contributed by atoms with Crippen LogP contribution in [-0.2, 0) is 4.79 Å². The lowest BCUT2D eigenvalue weighted by Crippen LogP contribution is -2.17.